The number of amides is 1. The summed E-state index contributed by atoms with van der Waals surface area (Å²) in [7, 11) is 3.79. The Balaban J connectivity index is 1.70. The Bertz CT molecular complexity index is 1320. The van der Waals surface area contributed by atoms with E-state index in [1.54, 1.807) is 6.92 Å². The summed E-state index contributed by atoms with van der Waals surface area (Å²) >= 11 is 2.94. The van der Waals surface area contributed by atoms with Gasteiger partial charge < -0.3 is 15.0 Å². The lowest BCUT2D eigenvalue weighted by Gasteiger charge is -2.16. The second-order valence-corrected chi connectivity index (χ2v) is 11.1. The fraction of sp³-hybridized carbons (Fsp3) is 0.500. The van der Waals surface area contributed by atoms with Crippen LogP contribution in [0.4, 0.5) is 5.00 Å². The molecule has 0 saturated heterocycles. The third kappa shape index (κ3) is 4.67. The van der Waals surface area contributed by atoms with E-state index in [2.05, 4.69) is 5.32 Å². The Morgan fingerprint density at radius 2 is 1.91 bits per heavy atom. The van der Waals surface area contributed by atoms with E-state index in [1.807, 2.05) is 32.8 Å². The first-order valence-electron chi connectivity index (χ1n) is 11.5. The van der Waals surface area contributed by atoms with Crippen LogP contribution in [0.1, 0.15) is 56.8 Å². The van der Waals surface area contributed by atoms with E-state index in [-0.39, 0.29) is 24.6 Å². The van der Waals surface area contributed by atoms with Crippen LogP contribution in [0, 0.1) is 13.8 Å². The van der Waals surface area contributed by atoms with Gasteiger partial charge in [0.2, 0.25) is 5.91 Å². The average Bonchev–Trinajstić information content (AvgIpc) is 3.27. The Labute approximate surface area is 206 Å². The van der Waals surface area contributed by atoms with Gasteiger partial charge in [-0.15, -0.1) is 22.7 Å². The van der Waals surface area contributed by atoms with Crippen LogP contribution < -0.4 is 10.9 Å². The Hall–Kier alpha value is -2.56. The van der Waals surface area contributed by atoms with Crippen molar-refractivity contribution in [2.45, 2.75) is 59.5 Å². The molecule has 1 aliphatic carbocycles. The van der Waals surface area contributed by atoms with Crippen molar-refractivity contribution in [3.8, 4) is 0 Å². The third-order valence-electron chi connectivity index (χ3n) is 6.03. The van der Waals surface area contributed by atoms with Crippen LogP contribution in [0.3, 0.4) is 0 Å². The number of aryl methyl sites for hydroxylation is 3. The molecule has 3 aromatic heterocycles. The Morgan fingerprint density at radius 1 is 1.18 bits per heavy atom. The van der Waals surface area contributed by atoms with Crippen molar-refractivity contribution in [3.63, 3.8) is 0 Å². The number of hydrogen-bond donors (Lipinski definition) is 1. The number of aromatic nitrogens is 2. The highest BCUT2D eigenvalue weighted by Gasteiger charge is 2.28. The molecule has 10 heteroatoms. The zero-order valence-corrected chi connectivity index (χ0v) is 21.9. The number of fused-ring (bicyclic) bond motifs is 2. The number of hydrogen-bond acceptors (Lipinski definition) is 8. The van der Waals surface area contributed by atoms with Crippen molar-refractivity contribution in [2.24, 2.45) is 0 Å². The second-order valence-electron chi connectivity index (χ2n) is 8.80. The smallest absolute Gasteiger partial charge is 0.341 e. The monoisotopic (exact) mass is 502 g/mol. The zero-order valence-electron chi connectivity index (χ0n) is 20.2. The van der Waals surface area contributed by atoms with Gasteiger partial charge >= 0.3 is 5.97 Å². The summed E-state index contributed by atoms with van der Waals surface area (Å²) in [5, 5.41) is 3.99. The van der Waals surface area contributed by atoms with Gasteiger partial charge in [0.15, 0.2) is 0 Å². The number of carbonyl (C=O) groups is 2. The largest absolute Gasteiger partial charge is 0.462 e. The van der Waals surface area contributed by atoms with Gasteiger partial charge in [0.25, 0.3) is 5.56 Å². The number of anilines is 1. The first-order chi connectivity index (χ1) is 16.2. The van der Waals surface area contributed by atoms with Crippen molar-refractivity contribution < 1.29 is 14.3 Å². The minimum atomic E-state index is -0.407. The summed E-state index contributed by atoms with van der Waals surface area (Å²) in [6, 6.07) is 0. The molecule has 3 heterocycles. The maximum atomic E-state index is 13.4. The maximum Gasteiger partial charge on any atom is 0.341 e. The van der Waals surface area contributed by atoms with Crippen LogP contribution in [-0.4, -0.2) is 47.0 Å². The summed E-state index contributed by atoms with van der Waals surface area (Å²) in [6.07, 6.45) is 3.78. The molecule has 0 aromatic carbocycles. The minimum Gasteiger partial charge on any atom is -0.462 e. The first-order valence-corrected chi connectivity index (χ1v) is 13.1. The first kappa shape index (κ1) is 24.6. The quantitative estimate of drug-likeness (QED) is 0.493. The number of rotatable bonds is 7. The Kier molecular flexibility index (Phi) is 7.20. The number of nitrogens with zero attached hydrogens (tertiary/aromatic N) is 3. The van der Waals surface area contributed by atoms with E-state index in [4.69, 9.17) is 9.72 Å². The summed E-state index contributed by atoms with van der Waals surface area (Å²) in [4.78, 5) is 48.9. The lowest BCUT2D eigenvalue weighted by molar-refractivity contribution is -0.116. The molecule has 0 spiro atoms. The highest BCUT2D eigenvalue weighted by molar-refractivity contribution is 7.18. The second kappa shape index (κ2) is 9.97. The Morgan fingerprint density at radius 3 is 2.62 bits per heavy atom. The van der Waals surface area contributed by atoms with E-state index < -0.39 is 5.97 Å². The van der Waals surface area contributed by atoms with Crippen LogP contribution in [0.25, 0.3) is 10.2 Å². The molecule has 1 N–H and O–H groups in total. The van der Waals surface area contributed by atoms with Gasteiger partial charge in [-0.2, -0.15) is 0 Å². The maximum absolute atomic E-state index is 13.4. The average molecular weight is 503 g/mol. The van der Waals surface area contributed by atoms with E-state index >= 15 is 0 Å². The highest BCUT2D eigenvalue weighted by atomic mass is 32.1. The molecule has 1 amide bonds. The van der Waals surface area contributed by atoms with Crippen LogP contribution in [0.5, 0.6) is 0 Å². The molecule has 0 unspecified atom stereocenters. The molecule has 0 aliphatic heterocycles. The molecular formula is C24H30N4O4S2. The molecule has 34 heavy (non-hydrogen) atoms. The molecule has 4 rings (SSSR count). The normalized spacial score (nSPS) is 13.4. The number of thiophene rings is 2. The molecule has 1 aliphatic rings. The summed E-state index contributed by atoms with van der Waals surface area (Å²) in [5.74, 6) is -0.234. The van der Waals surface area contributed by atoms with Crippen molar-refractivity contribution in [2.75, 3.05) is 26.0 Å². The van der Waals surface area contributed by atoms with Gasteiger partial charge in [0, 0.05) is 9.75 Å². The number of ether oxygens (including phenoxy) is 1. The summed E-state index contributed by atoms with van der Waals surface area (Å²) < 4.78 is 6.74. The van der Waals surface area contributed by atoms with Crippen LogP contribution in [-0.2, 0) is 35.5 Å². The van der Waals surface area contributed by atoms with Gasteiger partial charge in [0.05, 0.1) is 24.1 Å². The number of nitrogens with one attached hydrogen (secondary N) is 1. The molecule has 0 bridgehead atoms. The molecule has 182 valence electrons. The zero-order chi connectivity index (χ0) is 24.6. The molecule has 0 fully saturated rings. The molecule has 8 nitrogen and oxygen atoms in total. The predicted molar refractivity (Wildman–Crippen MR) is 136 cm³/mol. The van der Waals surface area contributed by atoms with E-state index in [0.717, 1.165) is 46.6 Å². The fourth-order valence-corrected chi connectivity index (χ4v) is 6.65. The van der Waals surface area contributed by atoms with E-state index in [9.17, 15) is 14.4 Å². The van der Waals surface area contributed by atoms with Gasteiger partial charge in [-0.25, -0.2) is 9.78 Å². The predicted octanol–water partition coefficient (Wildman–Crippen LogP) is 3.89. The van der Waals surface area contributed by atoms with Crippen molar-refractivity contribution in [1.29, 1.82) is 0 Å². The van der Waals surface area contributed by atoms with Crippen LogP contribution in [0.2, 0.25) is 0 Å². The SMILES string of the molecule is CCOC(=O)c1c(NC(=O)Cn2c(CN(C)C)nc3sc(C)c(C)c3c2=O)sc2c1CCCC2. The highest BCUT2D eigenvalue weighted by Crippen LogP contribution is 2.38. The fourth-order valence-electron chi connectivity index (χ4n) is 4.32. The minimum absolute atomic E-state index is 0.176. The molecule has 0 saturated carbocycles. The standard InChI is InChI=1S/C24H30N4O4S2/c1-6-32-24(31)20-15-9-7-8-10-16(15)34-22(20)26-18(29)12-28-17(11-27(4)5)25-21-19(23(28)30)13(2)14(3)33-21/h6-12H2,1-5H3,(H,26,29). The lowest BCUT2D eigenvalue weighted by Crippen LogP contribution is -2.33. The van der Waals surface area contributed by atoms with Crippen molar-refractivity contribution >= 4 is 49.8 Å². The molecule has 0 radical (unpaired) electrons. The molecular weight excluding hydrogens is 472 g/mol. The summed E-state index contributed by atoms with van der Waals surface area (Å²) in [6.45, 7) is 6.17. The lowest BCUT2D eigenvalue weighted by atomic mass is 9.95. The van der Waals surface area contributed by atoms with Crippen LogP contribution in [0.15, 0.2) is 4.79 Å². The summed E-state index contributed by atoms with van der Waals surface area (Å²) in [5.41, 5.74) is 2.14. The topological polar surface area (TPSA) is 93.5 Å². The number of carbonyl (C=O) groups excluding carboxylic acids is 2. The molecule has 3 aromatic rings. The van der Waals surface area contributed by atoms with Crippen molar-refractivity contribution in [1.82, 2.24) is 14.5 Å². The van der Waals surface area contributed by atoms with E-state index in [1.165, 1.54) is 27.2 Å². The van der Waals surface area contributed by atoms with Crippen LogP contribution >= 0.6 is 22.7 Å². The molecule has 0 atom stereocenters. The van der Waals surface area contributed by atoms with Gasteiger partial charge in [-0.1, -0.05) is 0 Å². The van der Waals surface area contributed by atoms with E-state index in [0.29, 0.717) is 33.2 Å². The van der Waals surface area contributed by atoms with Crippen molar-refractivity contribution in [3.05, 3.63) is 42.6 Å². The third-order valence-corrected chi connectivity index (χ3v) is 8.34. The van der Waals surface area contributed by atoms with Gasteiger partial charge in [-0.3, -0.25) is 14.2 Å². The van der Waals surface area contributed by atoms with Gasteiger partial charge in [-0.05, 0) is 71.7 Å². The number of esters is 1. The van der Waals surface area contributed by atoms with Gasteiger partial charge in [0.1, 0.15) is 22.2 Å².